The summed E-state index contributed by atoms with van der Waals surface area (Å²) < 4.78 is 50.0. The van der Waals surface area contributed by atoms with E-state index in [1.807, 2.05) is 6.92 Å². The van der Waals surface area contributed by atoms with Crippen LogP contribution in [0.3, 0.4) is 0 Å². The van der Waals surface area contributed by atoms with Gasteiger partial charge < -0.3 is 40.1 Å². The molecule has 2 aromatic carbocycles. The van der Waals surface area contributed by atoms with Crippen molar-refractivity contribution in [3.63, 3.8) is 0 Å². The van der Waals surface area contributed by atoms with E-state index in [4.69, 9.17) is 9.26 Å². The summed E-state index contributed by atoms with van der Waals surface area (Å²) in [5.74, 6) is -0.0332. The van der Waals surface area contributed by atoms with Crippen molar-refractivity contribution in [3.8, 4) is 5.75 Å². The average molecular weight is 633 g/mol. The van der Waals surface area contributed by atoms with Gasteiger partial charge in [-0.1, -0.05) is 12.1 Å². The Kier molecular flexibility index (Phi) is 9.91. The molecule has 0 saturated heterocycles. The Bertz CT molecular complexity index is 1520. The Morgan fingerprint density at radius 3 is 2.36 bits per heavy atom. The number of urea groups is 2. The van der Waals surface area contributed by atoms with Crippen LogP contribution in [-0.2, 0) is 6.18 Å². The lowest BCUT2D eigenvalue weighted by Gasteiger charge is -2.38. The molecule has 5 amide bonds. The summed E-state index contributed by atoms with van der Waals surface area (Å²) >= 11 is 0. The fraction of sp³-hybridized carbons (Fsp3) is 0.400. The number of anilines is 3. The Balaban J connectivity index is 1.54. The van der Waals surface area contributed by atoms with E-state index >= 15 is 0 Å². The number of amides is 5. The number of carbonyl (C=O) groups excluding carboxylic acids is 3. The number of aromatic nitrogens is 1. The molecule has 2 heterocycles. The molecule has 0 bridgehead atoms. The highest BCUT2D eigenvalue weighted by molar-refractivity contribution is 6.02. The molecule has 242 valence electrons. The predicted octanol–water partition coefficient (Wildman–Crippen LogP) is 5.34. The summed E-state index contributed by atoms with van der Waals surface area (Å²) in [5, 5.41) is 21.6. The van der Waals surface area contributed by atoms with Gasteiger partial charge in [-0.2, -0.15) is 13.2 Å². The fourth-order valence-electron chi connectivity index (χ4n) is 4.77. The third kappa shape index (κ3) is 7.84. The van der Waals surface area contributed by atoms with Crippen LogP contribution in [0.1, 0.15) is 41.2 Å². The minimum Gasteiger partial charge on any atom is -0.487 e. The van der Waals surface area contributed by atoms with Gasteiger partial charge >= 0.3 is 18.2 Å². The zero-order chi connectivity index (χ0) is 33.1. The number of fused-ring (bicyclic) bond motifs is 1. The predicted molar refractivity (Wildman–Crippen MR) is 159 cm³/mol. The topological polar surface area (TPSA) is 149 Å². The standard InChI is InChI=1S/C30H35F3N6O6/c1-16-13-39(17(2)15-40)27(41)23-12-22(35-28(42)34-21-8-6-20(7-9-21)30(31,32)33)10-11-24(23)44-25(16)14-38(5)29(43)36-26-18(3)37-45-19(26)4/h6-12,16-17,25,40H,13-15H2,1-5H3,(H,36,43)(H2,34,35,42)/t16-,17-,25-/m0/s1. The lowest BCUT2D eigenvalue weighted by molar-refractivity contribution is -0.137. The Labute approximate surface area is 257 Å². The number of nitrogens with zero attached hydrogens (tertiary/aromatic N) is 3. The van der Waals surface area contributed by atoms with Crippen molar-refractivity contribution in [2.45, 2.75) is 46.0 Å². The van der Waals surface area contributed by atoms with Gasteiger partial charge in [0.2, 0.25) is 0 Å². The molecule has 1 aliphatic heterocycles. The highest BCUT2D eigenvalue weighted by atomic mass is 19.4. The molecule has 1 aromatic heterocycles. The largest absolute Gasteiger partial charge is 0.487 e. The monoisotopic (exact) mass is 632 g/mol. The van der Waals surface area contributed by atoms with Gasteiger partial charge in [-0.3, -0.25) is 4.79 Å². The van der Waals surface area contributed by atoms with Crippen LogP contribution in [-0.4, -0.2) is 76.9 Å². The second-order valence-electron chi connectivity index (χ2n) is 11.0. The van der Waals surface area contributed by atoms with Crippen molar-refractivity contribution in [1.82, 2.24) is 15.0 Å². The Morgan fingerprint density at radius 2 is 1.76 bits per heavy atom. The van der Waals surface area contributed by atoms with Gasteiger partial charge in [-0.05, 0) is 63.2 Å². The molecule has 0 aliphatic carbocycles. The summed E-state index contributed by atoms with van der Waals surface area (Å²) in [4.78, 5) is 42.3. The van der Waals surface area contributed by atoms with E-state index in [0.717, 1.165) is 24.3 Å². The van der Waals surface area contributed by atoms with E-state index in [2.05, 4.69) is 21.1 Å². The molecule has 3 aromatic rings. The van der Waals surface area contributed by atoms with E-state index < -0.39 is 41.9 Å². The number of nitrogens with one attached hydrogen (secondary N) is 3. The first-order valence-electron chi connectivity index (χ1n) is 14.1. The molecule has 0 spiro atoms. The summed E-state index contributed by atoms with van der Waals surface area (Å²) in [6, 6.07) is 6.68. The average Bonchev–Trinajstić information content (AvgIpc) is 3.30. The lowest BCUT2D eigenvalue weighted by Crippen LogP contribution is -2.50. The summed E-state index contributed by atoms with van der Waals surface area (Å²) in [7, 11) is 1.60. The van der Waals surface area contributed by atoms with Crippen LogP contribution < -0.4 is 20.7 Å². The number of alkyl halides is 3. The van der Waals surface area contributed by atoms with E-state index in [0.29, 0.717) is 17.1 Å². The van der Waals surface area contributed by atoms with E-state index in [1.165, 1.54) is 28.0 Å². The van der Waals surface area contributed by atoms with Crippen LogP contribution in [0.5, 0.6) is 5.75 Å². The Morgan fingerprint density at radius 1 is 1.11 bits per heavy atom. The number of aliphatic hydroxyl groups is 1. The highest BCUT2D eigenvalue weighted by Gasteiger charge is 2.34. The second-order valence-corrected chi connectivity index (χ2v) is 11.0. The number of rotatable bonds is 7. The SMILES string of the molecule is Cc1noc(C)c1NC(=O)N(C)C[C@@H]1Oc2ccc(NC(=O)Nc3ccc(C(F)(F)F)cc3)cc2C(=O)N([C@@H](C)CO)C[C@@H]1C. The summed E-state index contributed by atoms with van der Waals surface area (Å²) in [6.07, 6.45) is -5.08. The first kappa shape index (κ1) is 33.1. The van der Waals surface area contributed by atoms with Crippen molar-refractivity contribution >= 4 is 35.0 Å². The lowest BCUT2D eigenvalue weighted by atomic mass is 9.99. The maximum Gasteiger partial charge on any atom is 0.416 e. The van der Waals surface area contributed by atoms with Gasteiger partial charge in [0.25, 0.3) is 5.91 Å². The van der Waals surface area contributed by atoms with Crippen LogP contribution in [0, 0.1) is 19.8 Å². The van der Waals surface area contributed by atoms with Crippen molar-refractivity contribution in [2.75, 3.05) is 42.7 Å². The number of aliphatic hydroxyl groups excluding tert-OH is 1. The third-order valence-electron chi connectivity index (χ3n) is 7.46. The van der Waals surface area contributed by atoms with Crippen molar-refractivity contribution in [1.29, 1.82) is 0 Å². The molecule has 1 aliphatic rings. The van der Waals surface area contributed by atoms with E-state index in [9.17, 15) is 32.7 Å². The zero-order valence-electron chi connectivity index (χ0n) is 25.4. The third-order valence-corrected chi connectivity index (χ3v) is 7.46. The number of hydrogen-bond acceptors (Lipinski definition) is 7. The van der Waals surface area contributed by atoms with Gasteiger partial charge in [0.05, 0.1) is 30.3 Å². The minimum absolute atomic E-state index is 0.113. The van der Waals surface area contributed by atoms with E-state index in [1.54, 1.807) is 27.8 Å². The molecule has 45 heavy (non-hydrogen) atoms. The quantitative estimate of drug-likeness (QED) is 0.275. The van der Waals surface area contributed by atoms with Crippen molar-refractivity contribution in [2.24, 2.45) is 5.92 Å². The molecule has 4 rings (SSSR count). The van der Waals surface area contributed by atoms with Crippen molar-refractivity contribution in [3.05, 3.63) is 65.0 Å². The molecule has 4 N–H and O–H groups in total. The van der Waals surface area contributed by atoms with Crippen LogP contribution in [0.15, 0.2) is 47.0 Å². The number of ether oxygens (including phenoxy) is 1. The Hall–Kier alpha value is -4.79. The van der Waals surface area contributed by atoms with E-state index in [-0.39, 0.29) is 48.3 Å². The number of carbonyl (C=O) groups is 3. The molecule has 3 atom stereocenters. The molecule has 15 heteroatoms. The smallest absolute Gasteiger partial charge is 0.416 e. The normalized spacial score (nSPS) is 17.4. The molecular weight excluding hydrogens is 597 g/mol. The summed E-state index contributed by atoms with van der Waals surface area (Å²) in [5.41, 5.74) is 0.613. The zero-order valence-corrected chi connectivity index (χ0v) is 25.4. The van der Waals surface area contributed by atoms with Crippen LogP contribution >= 0.6 is 0 Å². The fourth-order valence-corrected chi connectivity index (χ4v) is 4.77. The second kappa shape index (κ2) is 13.5. The number of benzene rings is 2. The number of hydrogen-bond donors (Lipinski definition) is 4. The highest BCUT2D eigenvalue weighted by Crippen LogP contribution is 2.32. The summed E-state index contributed by atoms with van der Waals surface area (Å²) in [6.45, 7) is 7.01. The molecular formula is C30H35F3N6O6. The molecule has 0 fully saturated rings. The van der Waals surface area contributed by atoms with Crippen LogP contribution in [0.2, 0.25) is 0 Å². The van der Waals surface area contributed by atoms with Crippen molar-refractivity contribution < 1.29 is 41.9 Å². The van der Waals surface area contributed by atoms with Gasteiger partial charge in [0.15, 0.2) is 5.76 Å². The molecule has 0 saturated carbocycles. The molecule has 0 radical (unpaired) electrons. The van der Waals surface area contributed by atoms with Gasteiger partial charge in [-0.25, -0.2) is 9.59 Å². The van der Waals surface area contributed by atoms with Crippen LogP contribution in [0.25, 0.3) is 0 Å². The van der Waals surface area contributed by atoms with Gasteiger partial charge in [-0.15, -0.1) is 0 Å². The first-order chi connectivity index (χ1) is 21.2. The van der Waals surface area contributed by atoms with Crippen LogP contribution in [0.4, 0.5) is 39.8 Å². The maximum absolute atomic E-state index is 13.7. The number of aryl methyl sites for hydroxylation is 2. The maximum atomic E-state index is 13.7. The minimum atomic E-state index is -4.51. The van der Waals surface area contributed by atoms with Gasteiger partial charge in [0, 0.05) is 30.9 Å². The number of likely N-dealkylation sites (N-methyl/N-ethyl adjacent to an activating group) is 1. The molecule has 12 nitrogen and oxygen atoms in total. The van der Waals surface area contributed by atoms with Gasteiger partial charge in [0.1, 0.15) is 23.2 Å². The first-order valence-corrected chi connectivity index (χ1v) is 14.1. The number of halogens is 3. The molecule has 0 unspecified atom stereocenters.